The molecule has 7 nitrogen and oxygen atoms in total. The first kappa shape index (κ1) is 25.3. The van der Waals surface area contributed by atoms with Crippen LogP contribution in [0.15, 0.2) is 12.8 Å². The minimum atomic E-state index is 0.0430. The number of aliphatic hydroxyl groups is 1. The molecule has 0 aromatic rings. The molecule has 0 aromatic heterocycles. The molecule has 0 saturated carbocycles. The van der Waals surface area contributed by atoms with Crippen LogP contribution in [0.3, 0.4) is 0 Å². The number of aliphatic hydroxyl groups excluding tert-OH is 1. The van der Waals surface area contributed by atoms with Crippen LogP contribution in [0.25, 0.3) is 0 Å². The second kappa shape index (κ2) is 18.3. The quantitative estimate of drug-likeness (QED) is 0.396. The van der Waals surface area contributed by atoms with E-state index in [0.29, 0.717) is 59.5 Å². The molecular formula is C21H41NO6. The highest BCUT2D eigenvalue weighted by molar-refractivity contribution is 4.78. The molecule has 7 heteroatoms. The molecule has 1 N–H and O–H groups in total. The normalized spacial score (nSPS) is 21.1. The van der Waals surface area contributed by atoms with Crippen molar-refractivity contribution in [3.05, 3.63) is 12.8 Å². The summed E-state index contributed by atoms with van der Waals surface area (Å²) >= 11 is 0. The molecule has 2 atom stereocenters. The van der Waals surface area contributed by atoms with Gasteiger partial charge in [-0.1, -0.05) is 26.3 Å². The van der Waals surface area contributed by atoms with Crippen LogP contribution in [0.1, 0.15) is 32.6 Å². The Labute approximate surface area is 170 Å². The molecule has 166 valence electrons. The van der Waals surface area contributed by atoms with Crippen molar-refractivity contribution < 1.29 is 28.8 Å². The van der Waals surface area contributed by atoms with Gasteiger partial charge < -0.3 is 33.7 Å². The highest BCUT2D eigenvalue weighted by atomic mass is 16.6. The SMILES string of the molecule is C=CN1CCC(C)CCCC(OCCOCCOCCOCCOCCO)C1. The summed E-state index contributed by atoms with van der Waals surface area (Å²) in [7, 11) is 0. The standard InChI is InChI=1S/C21H41NO6/c1-3-22-8-7-20(2)5-4-6-21(19-22)28-18-17-27-16-15-26-14-13-25-12-11-24-10-9-23/h3,20-21,23H,1,4-19H2,2H3. The Morgan fingerprint density at radius 1 is 0.857 bits per heavy atom. The van der Waals surface area contributed by atoms with Crippen LogP contribution >= 0.6 is 0 Å². The first-order chi connectivity index (χ1) is 13.8. The van der Waals surface area contributed by atoms with E-state index in [-0.39, 0.29) is 12.7 Å². The molecule has 28 heavy (non-hydrogen) atoms. The lowest BCUT2D eigenvalue weighted by molar-refractivity contribution is -0.0290. The lowest BCUT2D eigenvalue weighted by Gasteiger charge is -2.25. The van der Waals surface area contributed by atoms with E-state index in [0.717, 1.165) is 25.4 Å². The zero-order chi connectivity index (χ0) is 20.3. The van der Waals surface area contributed by atoms with Crippen molar-refractivity contribution in [1.29, 1.82) is 0 Å². The van der Waals surface area contributed by atoms with Crippen molar-refractivity contribution in [2.75, 3.05) is 79.2 Å². The maximum atomic E-state index is 8.56. The average Bonchev–Trinajstić information content (AvgIpc) is 2.78. The summed E-state index contributed by atoms with van der Waals surface area (Å²) in [6.07, 6.45) is 7.02. The molecule has 1 saturated heterocycles. The Balaban J connectivity index is 1.93. The minimum absolute atomic E-state index is 0.0430. The van der Waals surface area contributed by atoms with E-state index >= 15 is 0 Å². The van der Waals surface area contributed by atoms with E-state index in [9.17, 15) is 0 Å². The van der Waals surface area contributed by atoms with Gasteiger partial charge in [-0.3, -0.25) is 0 Å². The largest absolute Gasteiger partial charge is 0.394 e. The fraction of sp³-hybridized carbons (Fsp3) is 0.905. The summed E-state index contributed by atoms with van der Waals surface area (Å²) < 4.78 is 27.5. The van der Waals surface area contributed by atoms with Crippen LogP contribution in [0.5, 0.6) is 0 Å². The molecule has 1 aliphatic heterocycles. The lowest BCUT2D eigenvalue weighted by atomic mass is 10.0. The molecule has 0 aliphatic carbocycles. The Kier molecular flexibility index (Phi) is 16.6. The highest BCUT2D eigenvalue weighted by Crippen LogP contribution is 2.18. The number of hydrogen-bond donors (Lipinski definition) is 1. The summed E-state index contributed by atoms with van der Waals surface area (Å²) in [5, 5.41) is 8.56. The molecule has 0 radical (unpaired) electrons. The predicted molar refractivity (Wildman–Crippen MR) is 110 cm³/mol. The summed E-state index contributed by atoms with van der Waals surface area (Å²) in [6.45, 7) is 13.0. The van der Waals surface area contributed by atoms with Crippen LogP contribution in [0, 0.1) is 5.92 Å². The maximum absolute atomic E-state index is 8.56. The second-order valence-electron chi connectivity index (χ2n) is 7.17. The molecule has 0 spiro atoms. The van der Waals surface area contributed by atoms with Crippen molar-refractivity contribution in [3.63, 3.8) is 0 Å². The average molecular weight is 404 g/mol. The number of hydrogen-bond acceptors (Lipinski definition) is 7. The molecule has 1 heterocycles. The number of rotatable bonds is 16. The lowest BCUT2D eigenvalue weighted by Crippen LogP contribution is -2.31. The van der Waals surface area contributed by atoms with Gasteiger partial charge in [-0.15, -0.1) is 0 Å². The number of ether oxygens (including phenoxy) is 5. The summed E-state index contributed by atoms with van der Waals surface area (Å²) in [5.74, 6) is 0.773. The van der Waals surface area contributed by atoms with Crippen LogP contribution in [-0.2, 0) is 23.7 Å². The minimum Gasteiger partial charge on any atom is -0.394 e. The van der Waals surface area contributed by atoms with E-state index in [1.54, 1.807) is 0 Å². The Morgan fingerprint density at radius 3 is 2.00 bits per heavy atom. The third-order valence-corrected chi connectivity index (χ3v) is 4.76. The van der Waals surface area contributed by atoms with E-state index in [2.05, 4.69) is 18.4 Å². The zero-order valence-electron chi connectivity index (χ0n) is 17.7. The summed E-state index contributed by atoms with van der Waals surface area (Å²) in [5.41, 5.74) is 0. The van der Waals surface area contributed by atoms with Crippen molar-refractivity contribution in [2.45, 2.75) is 38.7 Å². The first-order valence-corrected chi connectivity index (χ1v) is 10.7. The van der Waals surface area contributed by atoms with Crippen molar-refractivity contribution >= 4 is 0 Å². The van der Waals surface area contributed by atoms with Gasteiger partial charge in [0.2, 0.25) is 0 Å². The third kappa shape index (κ3) is 14.3. The van der Waals surface area contributed by atoms with E-state index in [1.807, 2.05) is 6.20 Å². The van der Waals surface area contributed by atoms with Crippen LogP contribution in [0.2, 0.25) is 0 Å². The monoisotopic (exact) mass is 403 g/mol. The van der Waals surface area contributed by atoms with Crippen molar-refractivity contribution in [3.8, 4) is 0 Å². The molecular weight excluding hydrogens is 362 g/mol. The molecule has 1 fully saturated rings. The van der Waals surface area contributed by atoms with E-state index in [4.69, 9.17) is 28.8 Å². The summed E-state index contributed by atoms with van der Waals surface area (Å²) in [4.78, 5) is 2.28. The van der Waals surface area contributed by atoms with Crippen molar-refractivity contribution in [1.82, 2.24) is 4.90 Å². The van der Waals surface area contributed by atoms with E-state index < -0.39 is 0 Å². The van der Waals surface area contributed by atoms with Gasteiger partial charge in [-0.25, -0.2) is 0 Å². The fourth-order valence-electron chi connectivity index (χ4n) is 3.07. The summed E-state index contributed by atoms with van der Waals surface area (Å²) in [6, 6.07) is 0. The van der Waals surface area contributed by atoms with Gasteiger partial charge >= 0.3 is 0 Å². The highest BCUT2D eigenvalue weighted by Gasteiger charge is 2.16. The number of nitrogens with zero attached hydrogens (tertiary/aromatic N) is 1. The van der Waals surface area contributed by atoms with Gasteiger partial charge in [0.05, 0.1) is 72.2 Å². The van der Waals surface area contributed by atoms with E-state index in [1.165, 1.54) is 19.3 Å². The predicted octanol–water partition coefficient (Wildman–Crippen LogP) is 2.09. The molecule has 0 amide bonds. The van der Waals surface area contributed by atoms with Gasteiger partial charge in [0.25, 0.3) is 0 Å². The maximum Gasteiger partial charge on any atom is 0.0750 e. The molecule has 1 aliphatic rings. The van der Waals surface area contributed by atoms with Gasteiger partial charge in [0.1, 0.15) is 0 Å². The van der Waals surface area contributed by atoms with Crippen molar-refractivity contribution in [2.24, 2.45) is 5.92 Å². The topological polar surface area (TPSA) is 69.6 Å². The molecule has 0 bridgehead atoms. The first-order valence-electron chi connectivity index (χ1n) is 10.7. The Bertz CT molecular complexity index is 358. The molecule has 0 aromatic carbocycles. The van der Waals surface area contributed by atoms with Gasteiger partial charge in [0.15, 0.2) is 0 Å². The van der Waals surface area contributed by atoms with Gasteiger partial charge in [-0.05, 0) is 25.0 Å². The Hall–Kier alpha value is -0.700. The second-order valence-corrected chi connectivity index (χ2v) is 7.17. The molecule has 1 rings (SSSR count). The smallest absolute Gasteiger partial charge is 0.0750 e. The molecule has 2 unspecified atom stereocenters. The van der Waals surface area contributed by atoms with Crippen LogP contribution in [0.4, 0.5) is 0 Å². The zero-order valence-corrected chi connectivity index (χ0v) is 17.7. The fourth-order valence-corrected chi connectivity index (χ4v) is 3.07. The van der Waals surface area contributed by atoms with Gasteiger partial charge in [0, 0.05) is 13.1 Å². The third-order valence-electron chi connectivity index (χ3n) is 4.76. The Morgan fingerprint density at radius 2 is 1.43 bits per heavy atom. The van der Waals surface area contributed by atoms with Crippen LogP contribution < -0.4 is 0 Å². The van der Waals surface area contributed by atoms with Crippen LogP contribution in [-0.4, -0.2) is 95.3 Å². The van der Waals surface area contributed by atoms with Gasteiger partial charge in [-0.2, -0.15) is 0 Å².